The molecule has 0 saturated heterocycles. The molecule has 0 spiro atoms. The van der Waals surface area contributed by atoms with Gasteiger partial charge in [0, 0.05) is 11.9 Å². The topological polar surface area (TPSA) is 22.6 Å². The summed E-state index contributed by atoms with van der Waals surface area (Å²) in [5.74, 6) is 0.557. The zero-order valence-electron chi connectivity index (χ0n) is 23.0. The van der Waals surface area contributed by atoms with Gasteiger partial charge < -0.3 is 14.7 Å². The summed E-state index contributed by atoms with van der Waals surface area (Å²) >= 11 is 0. The zero-order valence-corrected chi connectivity index (χ0v) is 23.0. The fraction of sp³-hybridized carbons (Fsp3) is 0.815. The summed E-state index contributed by atoms with van der Waals surface area (Å²) in [7, 11) is 8.56. The van der Waals surface area contributed by atoms with Crippen LogP contribution in [0.2, 0.25) is 0 Å². The van der Waals surface area contributed by atoms with Gasteiger partial charge in [-0.3, -0.25) is 4.98 Å². The van der Waals surface area contributed by atoms with Crippen LogP contribution in [0.5, 0.6) is 0 Å². The van der Waals surface area contributed by atoms with Crippen LogP contribution in [-0.2, 0) is 0 Å². The molecule has 0 fully saturated rings. The Morgan fingerprint density at radius 2 is 1.32 bits per heavy atom. The lowest BCUT2D eigenvalue weighted by Gasteiger charge is -2.22. The second-order valence-corrected chi connectivity index (χ2v) is 10.4. The lowest BCUT2D eigenvalue weighted by molar-refractivity contribution is 0.251. The fourth-order valence-corrected chi connectivity index (χ4v) is 3.34. The molecule has 1 aromatic heterocycles. The van der Waals surface area contributed by atoms with E-state index in [1.54, 1.807) is 0 Å². The van der Waals surface area contributed by atoms with Crippen molar-refractivity contribution in [3.63, 3.8) is 0 Å². The van der Waals surface area contributed by atoms with E-state index in [1.807, 2.05) is 12.3 Å². The molecule has 0 N–H and O–H groups in total. The highest BCUT2D eigenvalue weighted by molar-refractivity contribution is 5.08. The molecule has 0 radical (unpaired) electrons. The SMILES string of the molecule is CC(CC(C)(C)C)c1ccccn1.CCC.CCN(CCCN(C)C)CCCN(C)C. The van der Waals surface area contributed by atoms with Crippen molar-refractivity contribution in [3.05, 3.63) is 30.1 Å². The van der Waals surface area contributed by atoms with Gasteiger partial charge in [0.05, 0.1) is 0 Å². The van der Waals surface area contributed by atoms with Crippen LogP contribution in [-0.4, -0.2) is 80.6 Å². The van der Waals surface area contributed by atoms with Crippen molar-refractivity contribution in [2.45, 2.75) is 80.1 Å². The van der Waals surface area contributed by atoms with Crippen molar-refractivity contribution in [2.24, 2.45) is 5.41 Å². The lowest BCUT2D eigenvalue weighted by Crippen LogP contribution is -2.30. The quantitative estimate of drug-likeness (QED) is 0.409. The Labute approximate surface area is 196 Å². The van der Waals surface area contributed by atoms with Crippen LogP contribution >= 0.6 is 0 Å². The first-order valence-electron chi connectivity index (χ1n) is 12.4. The van der Waals surface area contributed by atoms with Gasteiger partial charge in [-0.15, -0.1) is 0 Å². The molecule has 0 saturated carbocycles. The van der Waals surface area contributed by atoms with E-state index in [0.29, 0.717) is 11.3 Å². The smallest absolute Gasteiger partial charge is 0.0431 e. The molecule has 1 heterocycles. The lowest BCUT2D eigenvalue weighted by atomic mass is 9.84. The molecule has 0 aliphatic heterocycles. The summed E-state index contributed by atoms with van der Waals surface area (Å²) in [6, 6.07) is 6.13. The molecule has 31 heavy (non-hydrogen) atoms. The highest BCUT2D eigenvalue weighted by Gasteiger charge is 2.16. The van der Waals surface area contributed by atoms with E-state index in [9.17, 15) is 0 Å². The number of hydrogen-bond acceptors (Lipinski definition) is 4. The number of pyridine rings is 1. The van der Waals surface area contributed by atoms with Gasteiger partial charge in [0.15, 0.2) is 0 Å². The van der Waals surface area contributed by atoms with Gasteiger partial charge in [0.25, 0.3) is 0 Å². The molecule has 0 amide bonds. The Morgan fingerprint density at radius 1 is 0.839 bits per heavy atom. The van der Waals surface area contributed by atoms with Crippen molar-refractivity contribution in [2.75, 3.05) is 60.9 Å². The van der Waals surface area contributed by atoms with Crippen LogP contribution in [0.4, 0.5) is 0 Å². The van der Waals surface area contributed by atoms with E-state index in [2.05, 4.69) is 108 Å². The van der Waals surface area contributed by atoms with Crippen LogP contribution in [0, 0.1) is 5.41 Å². The summed E-state index contributed by atoms with van der Waals surface area (Å²) < 4.78 is 0. The monoisotopic (exact) mass is 436 g/mol. The van der Waals surface area contributed by atoms with Gasteiger partial charge >= 0.3 is 0 Å². The summed E-state index contributed by atoms with van der Waals surface area (Å²) in [4.78, 5) is 11.4. The fourth-order valence-electron chi connectivity index (χ4n) is 3.34. The standard InChI is InChI=1S/C12H29N3.C12H19N.C3H8/c1-6-15(11-7-9-13(2)3)12-8-10-14(4)5;1-10(9-12(2,3)4)11-7-5-6-8-13-11;1-3-2/h6-12H2,1-5H3;5-8,10H,9H2,1-4H3;3H2,1-2H3. The van der Waals surface area contributed by atoms with E-state index >= 15 is 0 Å². The number of aromatic nitrogens is 1. The molecule has 4 nitrogen and oxygen atoms in total. The van der Waals surface area contributed by atoms with Gasteiger partial charge in [0.2, 0.25) is 0 Å². The predicted molar refractivity (Wildman–Crippen MR) is 141 cm³/mol. The van der Waals surface area contributed by atoms with Crippen molar-refractivity contribution < 1.29 is 0 Å². The average molecular weight is 437 g/mol. The maximum atomic E-state index is 4.36. The van der Waals surface area contributed by atoms with Crippen LogP contribution in [0.15, 0.2) is 24.4 Å². The normalized spacial score (nSPS) is 12.3. The summed E-state index contributed by atoms with van der Waals surface area (Å²) in [6.45, 7) is 21.6. The van der Waals surface area contributed by atoms with Crippen LogP contribution in [0.3, 0.4) is 0 Å². The molecular weight excluding hydrogens is 380 g/mol. The molecule has 184 valence electrons. The minimum atomic E-state index is 0.386. The van der Waals surface area contributed by atoms with E-state index < -0.39 is 0 Å². The molecule has 1 aromatic rings. The molecular formula is C27H56N4. The summed E-state index contributed by atoms with van der Waals surface area (Å²) in [5.41, 5.74) is 1.59. The second kappa shape index (κ2) is 19.7. The molecule has 0 aliphatic rings. The van der Waals surface area contributed by atoms with Crippen LogP contribution < -0.4 is 0 Å². The van der Waals surface area contributed by atoms with Gasteiger partial charge in [-0.2, -0.15) is 0 Å². The maximum absolute atomic E-state index is 4.36. The van der Waals surface area contributed by atoms with Gasteiger partial charge in [-0.1, -0.05) is 61.0 Å². The third kappa shape index (κ3) is 23.5. The Balaban J connectivity index is 0. The minimum absolute atomic E-state index is 0.386. The number of nitrogens with zero attached hydrogens (tertiary/aromatic N) is 4. The molecule has 0 aromatic carbocycles. The van der Waals surface area contributed by atoms with Gasteiger partial charge in [-0.25, -0.2) is 0 Å². The summed E-state index contributed by atoms with van der Waals surface area (Å²) in [6.07, 6.45) is 6.87. The first kappa shape index (κ1) is 32.2. The average Bonchev–Trinajstić information content (AvgIpc) is 2.67. The Kier molecular flexibility index (Phi) is 20.5. The Hall–Kier alpha value is -0.970. The first-order chi connectivity index (χ1) is 14.5. The molecule has 4 heteroatoms. The highest BCUT2D eigenvalue weighted by Crippen LogP contribution is 2.29. The van der Waals surface area contributed by atoms with Crippen molar-refractivity contribution in [3.8, 4) is 0 Å². The molecule has 1 rings (SSSR count). The Bertz CT molecular complexity index is 466. The predicted octanol–water partition coefficient (Wildman–Crippen LogP) is 6.25. The Morgan fingerprint density at radius 3 is 1.65 bits per heavy atom. The highest BCUT2D eigenvalue weighted by atomic mass is 15.1. The van der Waals surface area contributed by atoms with Gasteiger partial charge in [-0.05, 0) is 104 Å². The number of hydrogen-bond donors (Lipinski definition) is 0. The molecule has 1 unspecified atom stereocenters. The third-order valence-electron chi connectivity index (χ3n) is 4.72. The van der Waals surface area contributed by atoms with Gasteiger partial charge in [0.1, 0.15) is 0 Å². The van der Waals surface area contributed by atoms with Crippen molar-refractivity contribution >= 4 is 0 Å². The largest absolute Gasteiger partial charge is 0.309 e. The molecule has 1 atom stereocenters. The van der Waals surface area contributed by atoms with E-state index in [1.165, 1.54) is 64.1 Å². The maximum Gasteiger partial charge on any atom is 0.0431 e. The first-order valence-corrected chi connectivity index (χ1v) is 12.4. The minimum Gasteiger partial charge on any atom is -0.309 e. The van der Waals surface area contributed by atoms with Crippen LogP contribution in [0.1, 0.15) is 85.8 Å². The van der Waals surface area contributed by atoms with E-state index in [-0.39, 0.29) is 0 Å². The molecule has 0 aliphatic carbocycles. The van der Waals surface area contributed by atoms with Crippen molar-refractivity contribution in [1.82, 2.24) is 19.7 Å². The summed E-state index contributed by atoms with van der Waals surface area (Å²) in [5, 5.41) is 0. The van der Waals surface area contributed by atoms with E-state index in [4.69, 9.17) is 0 Å². The molecule has 0 bridgehead atoms. The number of rotatable bonds is 11. The second-order valence-electron chi connectivity index (χ2n) is 10.4. The third-order valence-corrected chi connectivity index (χ3v) is 4.72. The van der Waals surface area contributed by atoms with Crippen LogP contribution in [0.25, 0.3) is 0 Å². The zero-order chi connectivity index (χ0) is 24.3. The van der Waals surface area contributed by atoms with Crippen molar-refractivity contribution in [1.29, 1.82) is 0 Å². The van der Waals surface area contributed by atoms with E-state index in [0.717, 1.165) is 0 Å².